The van der Waals surface area contributed by atoms with Crippen LogP contribution in [0.2, 0.25) is 0 Å². The molecule has 0 aliphatic carbocycles. The van der Waals surface area contributed by atoms with Gasteiger partial charge in [0.2, 0.25) is 0 Å². The lowest BCUT2D eigenvalue weighted by molar-refractivity contribution is -0.125. The molecule has 1 saturated heterocycles. The van der Waals surface area contributed by atoms with Crippen molar-refractivity contribution in [3.8, 4) is 0 Å². The second kappa shape index (κ2) is 8.54. The summed E-state index contributed by atoms with van der Waals surface area (Å²) in [6.07, 6.45) is 6.87. The maximum atomic E-state index is 12.2. The molecule has 24 heavy (non-hydrogen) atoms. The van der Waals surface area contributed by atoms with Crippen molar-refractivity contribution < 1.29 is 9.53 Å². The highest BCUT2D eigenvalue weighted by molar-refractivity contribution is 5.81. The summed E-state index contributed by atoms with van der Waals surface area (Å²) in [7, 11) is 0. The van der Waals surface area contributed by atoms with Gasteiger partial charge in [-0.2, -0.15) is 0 Å². The number of hydrogen-bond acceptors (Lipinski definition) is 4. The third-order valence-electron chi connectivity index (χ3n) is 5.08. The zero-order valence-electron chi connectivity index (χ0n) is 14.7. The second-order valence-corrected chi connectivity index (χ2v) is 6.90. The Labute approximate surface area is 144 Å². The SMILES string of the molecule is Cc1cccc(C2=CCN(CCCC(=O)C3CCOCC3)CC2)n1. The molecular weight excluding hydrogens is 300 g/mol. The van der Waals surface area contributed by atoms with E-state index in [0.717, 1.165) is 76.3 Å². The maximum absolute atomic E-state index is 12.2. The van der Waals surface area contributed by atoms with Gasteiger partial charge in [-0.15, -0.1) is 0 Å². The van der Waals surface area contributed by atoms with Crippen molar-refractivity contribution in [3.63, 3.8) is 0 Å². The topological polar surface area (TPSA) is 42.4 Å². The Kier molecular flexibility index (Phi) is 6.16. The monoisotopic (exact) mass is 328 g/mol. The molecule has 4 heteroatoms. The average molecular weight is 328 g/mol. The van der Waals surface area contributed by atoms with Gasteiger partial charge >= 0.3 is 0 Å². The summed E-state index contributed by atoms with van der Waals surface area (Å²) in [4.78, 5) is 19.3. The zero-order chi connectivity index (χ0) is 16.8. The lowest BCUT2D eigenvalue weighted by atomic mass is 9.92. The predicted molar refractivity (Wildman–Crippen MR) is 95.8 cm³/mol. The van der Waals surface area contributed by atoms with Crippen LogP contribution in [0.25, 0.3) is 5.57 Å². The molecule has 4 nitrogen and oxygen atoms in total. The number of aromatic nitrogens is 1. The molecule has 130 valence electrons. The van der Waals surface area contributed by atoms with Gasteiger partial charge in [0.05, 0.1) is 5.69 Å². The summed E-state index contributed by atoms with van der Waals surface area (Å²) in [6.45, 7) is 6.59. The van der Waals surface area contributed by atoms with Gasteiger partial charge < -0.3 is 4.74 Å². The number of aryl methyl sites for hydroxylation is 1. The average Bonchev–Trinajstić information content (AvgIpc) is 2.63. The number of carbonyl (C=O) groups is 1. The van der Waals surface area contributed by atoms with Gasteiger partial charge in [0, 0.05) is 44.3 Å². The molecule has 0 N–H and O–H groups in total. The number of ketones is 1. The van der Waals surface area contributed by atoms with Crippen LogP contribution >= 0.6 is 0 Å². The Morgan fingerprint density at radius 3 is 2.88 bits per heavy atom. The number of rotatable bonds is 6. The molecule has 0 unspecified atom stereocenters. The third-order valence-corrected chi connectivity index (χ3v) is 5.08. The van der Waals surface area contributed by atoms with E-state index in [1.807, 2.05) is 13.0 Å². The number of pyridine rings is 1. The Morgan fingerprint density at radius 1 is 1.33 bits per heavy atom. The number of Topliss-reactive ketones (excluding diaryl/α,β-unsaturated/α-hetero) is 1. The summed E-state index contributed by atoms with van der Waals surface area (Å²) >= 11 is 0. The summed E-state index contributed by atoms with van der Waals surface area (Å²) < 4.78 is 5.33. The summed E-state index contributed by atoms with van der Waals surface area (Å²) in [5.74, 6) is 0.689. The van der Waals surface area contributed by atoms with Crippen molar-refractivity contribution in [1.29, 1.82) is 0 Å². The minimum absolute atomic E-state index is 0.249. The van der Waals surface area contributed by atoms with Crippen LogP contribution in [0, 0.1) is 12.8 Å². The van der Waals surface area contributed by atoms with Gasteiger partial charge in [-0.1, -0.05) is 12.1 Å². The maximum Gasteiger partial charge on any atom is 0.136 e. The van der Waals surface area contributed by atoms with E-state index in [0.29, 0.717) is 5.78 Å². The summed E-state index contributed by atoms with van der Waals surface area (Å²) in [5, 5.41) is 0. The normalized spacial score (nSPS) is 20.0. The van der Waals surface area contributed by atoms with Gasteiger partial charge in [-0.05, 0) is 56.9 Å². The molecule has 3 rings (SSSR count). The Bertz CT molecular complexity index is 591. The van der Waals surface area contributed by atoms with E-state index in [2.05, 4.69) is 28.1 Å². The summed E-state index contributed by atoms with van der Waals surface area (Å²) in [5.41, 5.74) is 3.54. The highest BCUT2D eigenvalue weighted by atomic mass is 16.5. The van der Waals surface area contributed by atoms with Crippen LogP contribution in [0.1, 0.15) is 43.5 Å². The lowest BCUT2D eigenvalue weighted by Gasteiger charge is -2.26. The van der Waals surface area contributed by atoms with Crippen LogP contribution in [0.5, 0.6) is 0 Å². The lowest BCUT2D eigenvalue weighted by Crippen LogP contribution is -2.30. The van der Waals surface area contributed by atoms with Gasteiger partial charge in [-0.3, -0.25) is 14.7 Å². The van der Waals surface area contributed by atoms with E-state index in [4.69, 9.17) is 4.74 Å². The molecule has 2 aliphatic heterocycles. The van der Waals surface area contributed by atoms with Crippen molar-refractivity contribution >= 4 is 11.4 Å². The van der Waals surface area contributed by atoms with Crippen molar-refractivity contribution in [2.24, 2.45) is 5.92 Å². The summed E-state index contributed by atoms with van der Waals surface area (Å²) in [6, 6.07) is 6.21. The number of ether oxygens (including phenoxy) is 1. The van der Waals surface area contributed by atoms with Crippen LogP contribution in [-0.2, 0) is 9.53 Å². The first-order valence-corrected chi connectivity index (χ1v) is 9.18. The van der Waals surface area contributed by atoms with Crippen LogP contribution in [0.4, 0.5) is 0 Å². The molecule has 0 radical (unpaired) electrons. The quantitative estimate of drug-likeness (QED) is 0.804. The minimum atomic E-state index is 0.249. The molecule has 0 aromatic carbocycles. The molecule has 3 heterocycles. The first kappa shape index (κ1) is 17.3. The van der Waals surface area contributed by atoms with Crippen molar-refractivity contribution in [2.45, 2.75) is 39.0 Å². The number of carbonyl (C=O) groups excluding carboxylic acids is 1. The van der Waals surface area contributed by atoms with Gasteiger partial charge in [-0.25, -0.2) is 0 Å². The highest BCUT2D eigenvalue weighted by Crippen LogP contribution is 2.22. The van der Waals surface area contributed by atoms with E-state index in [1.54, 1.807) is 0 Å². The van der Waals surface area contributed by atoms with Crippen molar-refractivity contribution in [1.82, 2.24) is 9.88 Å². The predicted octanol–water partition coefficient (Wildman–Crippen LogP) is 3.26. The number of hydrogen-bond donors (Lipinski definition) is 0. The Balaban J connectivity index is 1.41. The van der Waals surface area contributed by atoms with Crippen molar-refractivity contribution in [2.75, 3.05) is 32.8 Å². The Hall–Kier alpha value is -1.52. The third kappa shape index (κ3) is 4.74. The van der Waals surface area contributed by atoms with Crippen molar-refractivity contribution in [3.05, 3.63) is 35.7 Å². The van der Waals surface area contributed by atoms with Gasteiger partial charge in [0.1, 0.15) is 5.78 Å². The molecule has 2 aliphatic rings. The molecule has 0 atom stereocenters. The molecule has 1 fully saturated rings. The molecule has 0 saturated carbocycles. The van der Waals surface area contributed by atoms with Crippen LogP contribution in [0.3, 0.4) is 0 Å². The van der Waals surface area contributed by atoms with Crippen LogP contribution in [-0.4, -0.2) is 48.5 Å². The molecule has 1 aromatic rings. The number of nitrogens with zero attached hydrogens (tertiary/aromatic N) is 2. The van der Waals surface area contributed by atoms with E-state index < -0.39 is 0 Å². The molecule has 0 bridgehead atoms. The fraction of sp³-hybridized carbons (Fsp3) is 0.600. The van der Waals surface area contributed by atoms with Gasteiger partial charge in [0.25, 0.3) is 0 Å². The highest BCUT2D eigenvalue weighted by Gasteiger charge is 2.21. The van der Waals surface area contributed by atoms with Crippen LogP contribution < -0.4 is 0 Å². The van der Waals surface area contributed by atoms with Gasteiger partial charge in [0.15, 0.2) is 0 Å². The largest absolute Gasteiger partial charge is 0.381 e. The molecule has 0 spiro atoms. The fourth-order valence-corrected chi connectivity index (χ4v) is 3.57. The molecule has 0 amide bonds. The first-order chi connectivity index (χ1) is 11.7. The van der Waals surface area contributed by atoms with E-state index in [-0.39, 0.29) is 5.92 Å². The smallest absolute Gasteiger partial charge is 0.136 e. The van der Waals surface area contributed by atoms with E-state index in [1.165, 1.54) is 5.57 Å². The van der Waals surface area contributed by atoms with E-state index >= 15 is 0 Å². The van der Waals surface area contributed by atoms with Crippen LogP contribution in [0.15, 0.2) is 24.3 Å². The molecule has 1 aromatic heterocycles. The zero-order valence-corrected chi connectivity index (χ0v) is 14.7. The Morgan fingerprint density at radius 2 is 2.17 bits per heavy atom. The second-order valence-electron chi connectivity index (χ2n) is 6.90. The fourth-order valence-electron chi connectivity index (χ4n) is 3.57. The van der Waals surface area contributed by atoms with E-state index in [9.17, 15) is 4.79 Å². The standard InChI is InChI=1S/C20H28N2O2/c1-16-4-2-5-19(21-16)17-7-12-22(13-8-17)11-3-6-20(23)18-9-14-24-15-10-18/h2,4-5,7,18H,3,6,8-15H2,1H3. The first-order valence-electron chi connectivity index (χ1n) is 9.18. The molecular formula is C20H28N2O2. The minimum Gasteiger partial charge on any atom is -0.381 e.